The normalized spacial score (nSPS) is 13.3. The van der Waals surface area contributed by atoms with Crippen molar-refractivity contribution in [3.8, 4) is 5.88 Å². The number of hydrogen-bond acceptors (Lipinski definition) is 6. The number of carbonyl (C=O) groups is 1. The van der Waals surface area contributed by atoms with Crippen LogP contribution < -0.4 is 9.47 Å². The third-order valence-electron chi connectivity index (χ3n) is 5.63. The lowest BCUT2D eigenvalue weighted by molar-refractivity contribution is -0.906. The highest BCUT2D eigenvalue weighted by Crippen LogP contribution is 2.22. The van der Waals surface area contributed by atoms with Crippen molar-refractivity contribution >= 4 is 16.7 Å². The van der Waals surface area contributed by atoms with Crippen LogP contribution in [0.4, 0.5) is 0 Å². The number of pyridine rings is 2. The molecule has 1 unspecified atom stereocenters. The average Bonchev–Trinajstić information content (AvgIpc) is 2.83. The molecule has 0 spiro atoms. The van der Waals surface area contributed by atoms with Crippen molar-refractivity contribution in [2.45, 2.75) is 38.7 Å². The van der Waals surface area contributed by atoms with Crippen molar-refractivity contribution in [1.82, 2.24) is 4.98 Å². The van der Waals surface area contributed by atoms with Gasteiger partial charge in [0.1, 0.15) is 5.69 Å². The molecule has 1 aromatic carbocycles. The van der Waals surface area contributed by atoms with Gasteiger partial charge in [0.05, 0.1) is 31.4 Å². The third-order valence-corrected chi connectivity index (χ3v) is 5.63. The van der Waals surface area contributed by atoms with E-state index in [4.69, 9.17) is 4.74 Å². The summed E-state index contributed by atoms with van der Waals surface area (Å²) in [5, 5.41) is 30.2. The topological polar surface area (TPSA) is 104 Å². The molecule has 0 aliphatic heterocycles. The molecule has 0 aliphatic rings. The largest absolute Gasteiger partial charge is 0.445 e. The van der Waals surface area contributed by atoms with Gasteiger partial charge in [-0.1, -0.05) is 43.7 Å². The molecule has 0 bridgehead atoms. The number of carbonyl (C=O) groups excluding carboxylic acids is 1. The summed E-state index contributed by atoms with van der Waals surface area (Å²) in [7, 11) is 1.49. The molecule has 33 heavy (non-hydrogen) atoms. The number of ketones is 1. The zero-order valence-electron chi connectivity index (χ0n) is 19.0. The molecule has 0 fully saturated rings. The van der Waals surface area contributed by atoms with Gasteiger partial charge in [0, 0.05) is 34.4 Å². The van der Waals surface area contributed by atoms with Crippen molar-refractivity contribution in [1.29, 1.82) is 0 Å². The van der Waals surface area contributed by atoms with E-state index >= 15 is 0 Å². The standard InChI is InChI=1S/C26H31N2O5/c1-3-7-19(25(31)17-29)8-6-11-24(30)23-15-20(21-9-4-5-10-22(21)27-23)14-18-12-13-26(33-2)28(32)16-18/h4-6,8-10,12-13,15-16,19,25,29,31-32H,3,7,11,14,17H2,1-2H3/q+1/b8-6+/t19?,25-/m0/s1. The molecule has 7 heteroatoms. The van der Waals surface area contributed by atoms with Crippen LogP contribution in [0, 0.1) is 5.92 Å². The summed E-state index contributed by atoms with van der Waals surface area (Å²) in [6.07, 6.45) is 6.57. The summed E-state index contributed by atoms with van der Waals surface area (Å²) >= 11 is 0. The molecule has 3 rings (SSSR count). The maximum Gasteiger partial charge on any atom is 0.416 e. The first kappa shape index (κ1) is 24.4. The van der Waals surface area contributed by atoms with E-state index in [2.05, 4.69) is 4.98 Å². The first-order chi connectivity index (χ1) is 16.0. The SMILES string of the molecule is CCCC(/C=C/CC(=O)c1cc(Cc2ccc(OC)[n+](O)c2)c2ccccc2n1)[C@@H](O)CO. The fourth-order valence-corrected chi connectivity index (χ4v) is 3.88. The first-order valence-electron chi connectivity index (χ1n) is 11.1. The lowest BCUT2D eigenvalue weighted by atomic mass is 9.96. The van der Waals surface area contributed by atoms with Crippen LogP contribution in [0.5, 0.6) is 5.88 Å². The second-order valence-corrected chi connectivity index (χ2v) is 8.04. The average molecular weight is 452 g/mol. The molecule has 0 amide bonds. The van der Waals surface area contributed by atoms with E-state index in [1.807, 2.05) is 43.3 Å². The van der Waals surface area contributed by atoms with Gasteiger partial charge >= 0.3 is 5.88 Å². The molecule has 2 heterocycles. The minimum Gasteiger partial charge on any atom is -0.445 e. The number of rotatable bonds is 11. The number of fused-ring (bicyclic) bond motifs is 1. The molecule has 7 nitrogen and oxygen atoms in total. The number of allylic oxidation sites excluding steroid dienone is 1. The van der Waals surface area contributed by atoms with Crippen LogP contribution in [0.15, 0.2) is 60.8 Å². The summed E-state index contributed by atoms with van der Waals surface area (Å²) in [4.78, 5) is 17.5. The van der Waals surface area contributed by atoms with Crippen LogP contribution in [0.3, 0.4) is 0 Å². The Hall–Kier alpha value is -3.29. The Morgan fingerprint density at radius 3 is 2.73 bits per heavy atom. The maximum absolute atomic E-state index is 12.9. The number of ether oxygens (including phenoxy) is 1. The zero-order chi connectivity index (χ0) is 23.8. The Morgan fingerprint density at radius 1 is 1.24 bits per heavy atom. The summed E-state index contributed by atoms with van der Waals surface area (Å²) < 4.78 is 6.02. The number of methoxy groups -OCH3 is 1. The van der Waals surface area contributed by atoms with Gasteiger partial charge in [0.25, 0.3) is 0 Å². The van der Waals surface area contributed by atoms with Gasteiger partial charge in [-0.2, -0.15) is 0 Å². The van der Waals surface area contributed by atoms with Gasteiger partial charge in [-0.25, -0.2) is 4.98 Å². The molecular weight excluding hydrogens is 420 g/mol. The Morgan fingerprint density at radius 2 is 2.03 bits per heavy atom. The minimum absolute atomic E-state index is 0.126. The first-order valence-corrected chi connectivity index (χ1v) is 11.1. The molecule has 3 N–H and O–H groups in total. The molecule has 3 aromatic rings. The highest BCUT2D eigenvalue weighted by Gasteiger charge is 2.17. The Bertz CT molecular complexity index is 1130. The van der Waals surface area contributed by atoms with Crippen LogP contribution >= 0.6 is 0 Å². The number of para-hydroxylation sites is 1. The van der Waals surface area contributed by atoms with Crippen molar-refractivity contribution in [2.75, 3.05) is 13.7 Å². The highest BCUT2D eigenvalue weighted by molar-refractivity contribution is 5.98. The van der Waals surface area contributed by atoms with Gasteiger partial charge in [-0.15, -0.1) is 0 Å². The molecule has 174 valence electrons. The third kappa shape index (κ3) is 6.15. The van der Waals surface area contributed by atoms with Gasteiger partial charge in [0.15, 0.2) is 5.78 Å². The van der Waals surface area contributed by atoms with Crippen LogP contribution in [-0.2, 0) is 6.42 Å². The molecular formula is C26H31N2O5+. The number of Topliss-reactive ketones (excluding diaryl/α,β-unsaturated/α-hetero) is 1. The predicted molar refractivity (Wildman–Crippen MR) is 125 cm³/mol. The van der Waals surface area contributed by atoms with E-state index in [0.29, 0.717) is 18.0 Å². The quantitative estimate of drug-likeness (QED) is 0.179. The number of aromatic nitrogens is 2. The number of benzene rings is 1. The van der Waals surface area contributed by atoms with Gasteiger partial charge in [-0.3, -0.25) is 10.0 Å². The molecule has 0 aliphatic carbocycles. The van der Waals surface area contributed by atoms with E-state index in [1.165, 1.54) is 7.11 Å². The summed E-state index contributed by atoms with van der Waals surface area (Å²) in [5.41, 5.74) is 2.88. The zero-order valence-corrected chi connectivity index (χ0v) is 19.0. The number of hydrogen-bond donors (Lipinski definition) is 3. The van der Waals surface area contributed by atoms with E-state index in [9.17, 15) is 20.2 Å². The smallest absolute Gasteiger partial charge is 0.416 e. The number of aliphatic hydroxyl groups excluding tert-OH is 2. The monoisotopic (exact) mass is 451 g/mol. The van der Waals surface area contributed by atoms with Gasteiger partial charge in [0.2, 0.25) is 6.20 Å². The molecule has 2 atom stereocenters. The van der Waals surface area contributed by atoms with Crippen LogP contribution in [0.25, 0.3) is 10.9 Å². The van der Waals surface area contributed by atoms with E-state index < -0.39 is 6.10 Å². The number of nitrogens with zero attached hydrogens (tertiary/aromatic N) is 2. The Kier molecular flexibility index (Phi) is 8.52. The lowest BCUT2D eigenvalue weighted by Crippen LogP contribution is -2.32. The number of aliphatic hydroxyl groups is 2. The fraction of sp³-hybridized carbons (Fsp3) is 0.346. The maximum atomic E-state index is 12.9. The molecule has 0 saturated carbocycles. The second kappa shape index (κ2) is 11.5. The van der Waals surface area contributed by atoms with Gasteiger partial charge in [-0.05, 0) is 30.2 Å². The molecule has 2 aromatic heterocycles. The Labute approximate surface area is 193 Å². The fourth-order valence-electron chi connectivity index (χ4n) is 3.88. The molecule has 0 radical (unpaired) electrons. The van der Waals surface area contributed by atoms with E-state index in [1.54, 1.807) is 24.4 Å². The van der Waals surface area contributed by atoms with E-state index in [0.717, 1.165) is 39.6 Å². The summed E-state index contributed by atoms with van der Waals surface area (Å²) in [5.74, 6) is 0.0146. The second-order valence-electron chi connectivity index (χ2n) is 8.04. The predicted octanol–water partition coefficient (Wildman–Crippen LogP) is 3.26. The van der Waals surface area contributed by atoms with Gasteiger partial charge < -0.3 is 14.9 Å². The van der Waals surface area contributed by atoms with Crippen LogP contribution in [0.1, 0.15) is 47.8 Å². The Balaban J connectivity index is 1.86. The van der Waals surface area contributed by atoms with E-state index in [-0.39, 0.29) is 24.7 Å². The minimum atomic E-state index is -0.833. The highest BCUT2D eigenvalue weighted by atomic mass is 16.5. The van der Waals surface area contributed by atoms with Crippen molar-refractivity contribution < 1.29 is 29.7 Å². The molecule has 0 saturated heterocycles. The van der Waals surface area contributed by atoms with Crippen molar-refractivity contribution in [2.24, 2.45) is 5.92 Å². The van der Waals surface area contributed by atoms with Crippen LogP contribution in [-0.4, -0.2) is 46.0 Å². The van der Waals surface area contributed by atoms with Crippen LogP contribution in [0.2, 0.25) is 0 Å². The van der Waals surface area contributed by atoms with Crippen molar-refractivity contribution in [3.63, 3.8) is 0 Å². The van der Waals surface area contributed by atoms with Crippen molar-refractivity contribution in [3.05, 3.63) is 77.6 Å². The summed E-state index contributed by atoms with van der Waals surface area (Å²) in [6, 6.07) is 13.0. The summed E-state index contributed by atoms with van der Waals surface area (Å²) in [6.45, 7) is 1.70. The lowest BCUT2D eigenvalue weighted by Gasteiger charge is -2.16.